The summed E-state index contributed by atoms with van der Waals surface area (Å²) in [5.41, 5.74) is -0.153. The number of carbonyl (C=O) groups excluding carboxylic acids is 2. The van der Waals surface area contributed by atoms with Gasteiger partial charge in [0.05, 0.1) is 17.9 Å². The van der Waals surface area contributed by atoms with Crippen LogP contribution in [0.3, 0.4) is 0 Å². The molecule has 0 saturated heterocycles. The fourth-order valence-corrected chi connectivity index (χ4v) is 3.20. The van der Waals surface area contributed by atoms with Crippen molar-refractivity contribution in [1.82, 2.24) is 9.71 Å². The van der Waals surface area contributed by atoms with E-state index in [9.17, 15) is 23.1 Å². The minimum Gasteiger partial charge on any atom is -0.465 e. The normalized spacial score (nSPS) is 13.5. The molecule has 0 fully saturated rings. The van der Waals surface area contributed by atoms with Crippen LogP contribution in [-0.4, -0.2) is 49.3 Å². The second-order valence-corrected chi connectivity index (χ2v) is 9.47. The molecule has 1 unspecified atom stereocenters. The van der Waals surface area contributed by atoms with Gasteiger partial charge in [0.2, 0.25) is 10.0 Å². The minimum atomic E-state index is -3.51. The molecule has 1 heterocycles. The van der Waals surface area contributed by atoms with Crippen LogP contribution in [0.15, 0.2) is 42.6 Å². The van der Waals surface area contributed by atoms with Crippen molar-refractivity contribution in [2.75, 3.05) is 19.0 Å². The predicted molar refractivity (Wildman–Crippen MR) is 112 cm³/mol. The highest BCUT2D eigenvalue weighted by Gasteiger charge is 2.26. The van der Waals surface area contributed by atoms with Gasteiger partial charge >= 0.3 is 5.97 Å². The van der Waals surface area contributed by atoms with Gasteiger partial charge in [-0.15, -0.1) is 0 Å². The Morgan fingerprint density at radius 1 is 1.17 bits per heavy atom. The SMILES string of the molecule is COC(=O)c1ccc(C(=O)Nc2ccc(C(C)(O)CNS(=O)(=O)C(C)C)cc2)nc1. The number of aliphatic hydroxyl groups is 1. The maximum absolute atomic E-state index is 12.3. The molecule has 0 aliphatic heterocycles. The van der Waals surface area contributed by atoms with Crippen molar-refractivity contribution in [2.45, 2.75) is 31.6 Å². The molecule has 9 nitrogen and oxygen atoms in total. The molecule has 2 rings (SSSR count). The summed E-state index contributed by atoms with van der Waals surface area (Å²) in [7, 11) is -2.25. The van der Waals surface area contributed by atoms with Gasteiger partial charge in [-0.1, -0.05) is 12.1 Å². The molecule has 10 heteroatoms. The van der Waals surface area contributed by atoms with E-state index in [4.69, 9.17) is 0 Å². The van der Waals surface area contributed by atoms with Gasteiger partial charge in [0, 0.05) is 18.4 Å². The number of hydrogen-bond donors (Lipinski definition) is 3. The van der Waals surface area contributed by atoms with E-state index in [1.165, 1.54) is 32.4 Å². The minimum absolute atomic E-state index is 0.113. The molecule has 1 atom stereocenters. The summed E-state index contributed by atoms with van der Waals surface area (Å²) < 4.78 is 30.8. The Hall–Kier alpha value is -2.82. The fraction of sp³-hybridized carbons (Fsp3) is 0.350. The summed E-state index contributed by atoms with van der Waals surface area (Å²) in [6.45, 7) is 4.41. The molecule has 0 spiro atoms. The van der Waals surface area contributed by atoms with Crippen molar-refractivity contribution in [1.29, 1.82) is 0 Å². The Labute approximate surface area is 175 Å². The van der Waals surface area contributed by atoms with Gasteiger partial charge in [-0.3, -0.25) is 9.78 Å². The quantitative estimate of drug-likeness (QED) is 0.537. The molecular formula is C20H25N3O6S. The predicted octanol–water partition coefficient (Wildman–Crippen LogP) is 1.66. The number of pyridine rings is 1. The van der Waals surface area contributed by atoms with Crippen molar-refractivity contribution in [3.05, 3.63) is 59.4 Å². The zero-order chi connectivity index (χ0) is 22.5. The molecule has 0 radical (unpaired) electrons. The number of anilines is 1. The molecule has 0 aliphatic rings. The summed E-state index contributed by atoms with van der Waals surface area (Å²) in [5.74, 6) is -1.02. The standard InChI is InChI=1S/C20H25N3O6S/c1-13(2)30(27,28)22-12-20(3,26)15-6-8-16(9-7-15)23-18(24)17-10-5-14(11-21-17)19(25)29-4/h5-11,13,22,26H,12H2,1-4H3,(H,23,24). The topological polar surface area (TPSA) is 135 Å². The third kappa shape index (κ3) is 5.85. The first-order valence-corrected chi connectivity index (χ1v) is 10.7. The lowest BCUT2D eigenvalue weighted by molar-refractivity contribution is 0.0598. The summed E-state index contributed by atoms with van der Waals surface area (Å²) in [4.78, 5) is 27.7. The first-order chi connectivity index (χ1) is 14.0. The van der Waals surface area contributed by atoms with Gasteiger partial charge in [0.1, 0.15) is 11.3 Å². The van der Waals surface area contributed by atoms with Crippen molar-refractivity contribution in [3.8, 4) is 0 Å². The van der Waals surface area contributed by atoms with E-state index in [0.717, 1.165) is 0 Å². The van der Waals surface area contributed by atoms with Crippen LogP contribution >= 0.6 is 0 Å². The van der Waals surface area contributed by atoms with Crippen LogP contribution in [0, 0.1) is 0 Å². The number of aromatic nitrogens is 1. The number of ether oxygens (including phenoxy) is 1. The number of nitrogens with zero attached hydrogens (tertiary/aromatic N) is 1. The number of hydrogen-bond acceptors (Lipinski definition) is 7. The smallest absolute Gasteiger partial charge is 0.339 e. The van der Waals surface area contributed by atoms with Gasteiger partial charge in [-0.25, -0.2) is 17.9 Å². The van der Waals surface area contributed by atoms with Crippen molar-refractivity contribution in [3.63, 3.8) is 0 Å². The van der Waals surface area contributed by atoms with Crippen LogP contribution in [0.5, 0.6) is 0 Å². The Balaban J connectivity index is 2.04. The molecule has 1 aromatic carbocycles. The third-order valence-corrected chi connectivity index (χ3v) is 6.21. The zero-order valence-corrected chi connectivity index (χ0v) is 18.0. The molecule has 3 N–H and O–H groups in total. The van der Waals surface area contributed by atoms with Gasteiger partial charge in [0.15, 0.2) is 0 Å². The van der Waals surface area contributed by atoms with E-state index < -0.39 is 32.8 Å². The lowest BCUT2D eigenvalue weighted by Crippen LogP contribution is -2.41. The third-order valence-electron chi connectivity index (χ3n) is 4.42. The van der Waals surface area contributed by atoms with Crippen LogP contribution in [0.1, 0.15) is 47.2 Å². The molecular weight excluding hydrogens is 410 g/mol. The second-order valence-electron chi connectivity index (χ2n) is 7.14. The summed E-state index contributed by atoms with van der Waals surface area (Å²) >= 11 is 0. The second kappa shape index (κ2) is 9.33. The lowest BCUT2D eigenvalue weighted by Gasteiger charge is -2.25. The maximum atomic E-state index is 12.3. The number of rotatable bonds is 8. The molecule has 1 aromatic heterocycles. The highest BCUT2D eigenvalue weighted by atomic mass is 32.2. The molecule has 2 aromatic rings. The van der Waals surface area contributed by atoms with E-state index >= 15 is 0 Å². The highest BCUT2D eigenvalue weighted by Crippen LogP contribution is 2.22. The van der Waals surface area contributed by atoms with Crippen LogP contribution in [0.2, 0.25) is 0 Å². The molecule has 162 valence electrons. The van der Waals surface area contributed by atoms with Gasteiger partial charge in [-0.2, -0.15) is 0 Å². The lowest BCUT2D eigenvalue weighted by atomic mass is 9.96. The Kier molecular flexibility index (Phi) is 7.30. The van der Waals surface area contributed by atoms with E-state index in [1.807, 2.05) is 0 Å². The van der Waals surface area contributed by atoms with Crippen LogP contribution in [0.25, 0.3) is 0 Å². The van der Waals surface area contributed by atoms with Crippen molar-refractivity contribution in [2.24, 2.45) is 0 Å². The Bertz CT molecular complexity index is 1000. The average Bonchev–Trinajstić information content (AvgIpc) is 2.72. The number of carbonyl (C=O) groups is 2. The highest BCUT2D eigenvalue weighted by molar-refractivity contribution is 7.90. The molecule has 0 saturated carbocycles. The number of sulfonamides is 1. The van der Waals surface area contributed by atoms with Gasteiger partial charge in [0.25, 0.3) is 5.91 Å². The number of esters is 1. The monoisotopic (exact) mass is 435 g/mol. The Morgan fingerprint density at radius 2 is 1.80 bits per heavy atom. The van der Waals surface area contributed by atoms with E-state index in [0.29, 0.717) is 11.3 Å². The number of methoxy groups -OCH3 is 1. The van der Waals surface area contributed by atoms with Gasteiger partial charge < -0.3 is 15.2 Å². The van der Waals surface area contributed by atoms with Crippen molar-refractivity contribution >= 4 is 27.6 Å². The van der Waals surface area contributed by atoms with Crippen LogP contribution < -0.4 is 10.0 Å². The molecule has 1 amide bonds. The van der Waals surface area contributed by atoms with E-state index in [2.05, 4.69) is 19.8 Å². The van der Waals surface area contributed by atoms with Crippen molar-refractivity contribution < 1.29 is 27.9 Å². The average molecular weight is 436 g/mol. The van der Waals surface area contributed by atoms with Crippen LogP contribution in [-0.2, 0) is 20.4 Å². The molecule has 30 heavy (non-hydrogen) atoms. The number of amides is 1. The Morgan fingerprint density at radius 3 is 2.30 bits per heavy atom. The largest absolute Gasteiger partial charge is 0.465 e. The van der Waals surface area contributed by atoms with Crippen LogP contribution in [0.4, 0.5) is 5.69 Å². The molecule has 0 aliphatic carbocycles. The zero-order valence-electron chi connectivity index (χ0n) is 17.2. The summed E-state index contributed by atoms with van der Waals surface area (Å²) in [6, 6.07) is 9.19. The summed E-state index contributed by atoms with van der Waals surface area (Å²) in [5, 5.41) is 12.7. The number of benzene rings is 1. The fourth-order valence-electron chi connectivity index (χ4n) is 2.38. The van der Waals surface area contributed by atoms with E-state index in [-0.39, 0.29) is 17.8 Å². The first kappa shape index (κ1) is 23.5. The maximum Gasteiger partial charge on any atom is 0.339 e. The van der Waals surface area contributed by atoms with E-state index in [1.54, 1.807) is 38.1 Å². The summed E-state index contributed by atoms with van der Waals surface area (Å²) in [6.07, 6.45) is 1.25. The van der Waals surface area contributed by atoms with Gasteiger partial charge in [-0.05, 0) is 50.6 Å². The first-order valence-electron chi connectivity index (χ1n) is 9.13. The molecule has 0 bridgehead atoms. The number of nitrogens with one attached hydrogen (secondary N) is 2.